The fraction of sp³-hybridized carbons (Fsp3) is 0.346. The van der Waals surface area contributed by atoms with Crippen LogP contribution in [0.25, 0.3) is 11.1 Å². The summed E-state index contributed by atoms with van der Waals surface area (Å²) >= 11 is 1.26. The van der Waals surface area contributed by atoms with Crippen LogP contribution in [0.2, 0.25) is 0 Å². The van der Waals surface area contributed by atoms with E-state index in [0.29, 0.717) is 46.9 Å². The van der Waals surface area contributed by atoms with Gasteiger partial charge in [-0.25, -0.2) is 27.7 Å². The number of benzene rings is 2. The molecule has 202 valence electrons. The predicted molar refractivity (Wildman–Crippen MR) is 159 cm³/mol. The van der Waals surface area contributed by atoms with E-state index in [4.69, 9.17) is 0 Å². The molecule has 3 N–H and O–H groups in total. The molecular weight excluding hydrogens is 591 g/mol. The van der Waals surface area contributed by atoms with Crippen LogP contribution < -0.4 is 10.0 Å². The van der Waals surface area contributed by atoms with Crippen LogP contribution in [-0.2, 0) is 23.0 Å². The predicted octanol–water partition coefficient (Wildman–Crippen LogP) is 3.46. The number of aromatic carboxylic acids is 1. The number of carboxylic acids is 1. The number of aryl methyl sites for hydroxylation is 1. The van der Waals surface area contributed by atoms with E-state index in [9.17, 15) is 23.1 Å². The van der Waals surface area contributed by atoms with Crippen LogP contribution in [0.4, 0.5) is 4.79 Å². The van der Waals surface area contributed by atoms with Crippen molar-refractivity contribution in [2.24, 2.45) is 0 Å². The third kappa shape index (κ3) is 10.0. The van der Waals surface area contributed by atoms with Gasteiger partial charge in [0.2, 0.25) is 0 Å². The fourth-order valence-corrected chi connectivity index (χ4v) is 5.69. The van der Waals surface area contributed by atoms with E-state index in [1.165, 1.54) is 17.8 Å². The molecule has 13 heteroatoms. The molecule has 0 fully saturated rings. The molecule has 2 aromatic carbocycles. The average Bonchev–Trinajstić information content (AvgIpc) is 3.23. The molecule has 3 rings (SSSR count). The number of nitrogens with one attached hydrogen (secondary N) is 2. The molecular formula is C26H34K2N4O5S2. The first kappa shape index (κ1) is 37.0. The standard InChI is InChI=1S/C26H32N4O5S2.2K.2H/c1-4-6-12-22-28-24(36-3)23(25(31)32)30(22)17-18-13-14-20(19-10-8-7-9-11-19)21(16-18)37(34,35)29-26(33)27-15-5-2;;;;/h7-11,13-14,16H,4-6,12,15,17H2,1-3H3,(H,31,32)(H2,27,29,33);;;;. The Labute approximate surface area is 319 Å². The third-order valence-corrected chi connectivity index (χ3v) is 7.73. The number of aromatic nitrogens is 2. The zero-order valence-electron chi connectivity index (χ0n) is 21.2. The molecule has 9 nitrogen and oxygen atoms in total. The molecule has 3 aromatic rings. The first-order valence-corrected chi connectivity index (χ1v) is 14.8. The van der Waals surface area contributed by atoms with Gasteiger partial charge in [0.15, 0.2) is 5.69 Å². The second-order valence-corrected chi connectivity index (χ2v) is 10.9. The molecule has 0 aliphatic rings. The van der Waals surface area contributed by atoms with Crippen molar-refractivity contribution in [2.75, 3.05) is 12.8 Å². The number of carbonyl (C=O) groups is 2. The summed E-state index contributed by atoms with van der Waals surface area (Å²) in [5.74, 6) is -0.458. The quantitative estimate of drug-likeness (QED) is 0.208. The number of hydrogen-bond donors (Lipinski definition) is 3. The van der Waals surface area contributed by atoms with Gasteiger partial charge in [0, 0.05) is 25.1 Å². The number of rotatable bonds is 12. The molecule has 0 atom stereocenters. The van der Waals surface area contributed by atoms with Crippen molar-refractivity contribution < 1.29 is 23.1 Å². The molecule has 39 heavy (non-hydrogen) atoms. The van der Waals surface area contributed by atoms with E-state index in [2.05, 4.69) is 15.0 Å². The van der Waals surface area contributed by atoms with E-state index >= 15 is 0 Å². The van der Waals surface area contributed by atoms with Gasteiger partial charge in [0.05, 0.1) is 4.90 Å². The van der Waals surface area contributed by atoms with Crippen LogP contribution in [0.5, 0.6) is 0 Å². The number of urea groups is 1. The van der Waals surface area contributed by atoms with E-state index in [1.807, 2.05) is 19.9 Å². The second-order valence-electron chi connectivity index (χ2n) is 8.44. The molecule has 0 radical (unpaired) electrons. The van der Waals surface area contributed by atoms with Crippen molar-refractivity contribution in [3.8, 4) is 11.1 Å². The van der Waals surface area contributed by atoms with Crippen LogP contribution in [0.3, 0.4) is 0 Å². The summed E-state index contributed by atoms with van der Waals surface area (Å²) in [7, 11) is -4.24. The third-order valence-electron chi connectivity index (χ3n) is 5.69. The van der Waals surface area contributed by atoms with Crippen molar-refractivity contribution in [2.45, 2.75) is 56.0 Å². The summed E-state index contributed by atoms with van der Waals surface area (Å²) in [6.45, 7) is 4.37. The van der Waals surface area contributed by atoms with Crippen LogP contribution >= 0.6 is 11.8 Å². The Hall–Kier alpha value is -0.0373. The second kappa shape index (κ2) is 17.8. The Balaban J connectivity index is 0.00000380. The van der Waals surface area contributed by atoms with Gasteiger partial charge >= 0.3 is 115 Å². The van der Waals surface area contributed by atoms with Crippen LogP contribution in [0.15, 0.2) is 58.5 Å². The van der Waals surface area contributed by atoms with Crippen molar-refractivity contribution >= 4 is 137 Å². The van der Waals surface area contributed by atoms with Gasteiger partial charge in [-0.2, -0.15) is 0 Å². The minimum atomic E-state index is -4.24. The van der Waals surface area contributed by atoms with Gasteiger partial charge in [0.1, 0.15) is 10.9 Å². The Bertz CT molecular complexity index is 1370. The zero-order valence-corrected chi connectivity index (χ0v) is 22.8. The Morgan fingerprint density at radius 3 is 2.33 bits per heavy atom. The Morgan fingerprint density at radius 2 is 1.74 bits per heavy atom. The molecule has 0 bridgehead atoms. The number of carbonyl (C=O) groups excluding carboxylic acids is 1. The summed E-state index contributed by atoms with van der Waals surface area (Å²) in [5.41, 5.74) is 1.75. The Kier molecular flexibility index (Phi) is 16.9. The summed E-state index contributed by atoms with van der Waals surface area (Å²) in [5, 5.41) is 12.9. The maximum atomic E-state index is 13.3. The number of nitrogens with zero attached hydrogens (tertiary/aromatic N) is 2. The first-order valence-electron chi connectivity index (χ1n) is 12.1. The van der Waals surface area contributed by atoms with Crippen LogP contribution in [0.1, 0.15) is 55.0 Å². The fourth-order valence-electron chi connectivity index (χ4n) is 3.90. The van der Waals surface area contributed by atoms with E-state index < -0.39 is 22.0 Å². The van der Waals surface area contributed by atoms with Crippen molar-refractivity contribution in [1.82, 2.24) is 19.6 Å². The van der Waals surface area contributed by atoms with E-state index in [1.54, 1.807) is 47.2 Å². The number of hydrogen-bond acceptors (Lipinski definition) is 6. The number of sulfonamides is 1. The number of unbranched alkanes of at least 4 members (excludes halogenated alkanes) is 1. The van der Waals surface area contributed by atoms with Gasteiger partial charge in [-0.1, -0.05) is 62.7 Å². The first-order chi connectivity index (χ1) is 17.7. The summed E-state index contributed by atoms with van der Waals surface area (Å²) in [4.78, 5) is 28.8. The zero-order chi connectivity index (χ0) is 27.0. The average molecular weight is 625 g/mol. The number of thioether (sulfide) groups is 1. The van der Waals surface area contributed by atoms with Crippen LogP contribution in [-0.4, -0.2) is 151 Å². The van der Waals surface area contributed by atoms with Gasteiger partial charge in [-0.3, -0.25) is 0 Å². The molecule has 0 unspecified atom stereocenters. The Morgan fingerprint density at radius 1 is 1.05 bits per heavy atom. The molecule has 2 amide bonds. The monoisotopic (exact) mass is 624 g/mol. The minimum absolute atomic E-state index is 0. The summed E-state index contributed by atoms with van der Waals surface area (Å²) < 4.78 is 30.4. The normalized spacial score (nSPS) is 10.7. The summed E-state index contributed by atoms with van der Waals surface area (Å²) in [6, 6.07) is 13.1. The SMILES string of the molecule is CCCCc1nc(SC)c(C(=O)O)n1Cc1ccc(-c2ccccc2)c(S(=O)(=O)NC(=O)NCCC)c1.[KH].[KH]. The van der Waals surface area contributed by atoms with Crippen LogP contribution in [0, 0.1) is 0 Å². The molecule has 1 heterocycles. The molecule has 0 aliphatic heterocycles. The van der Waals surface area contributed by atoms with Crippen molar-refractivity contribution in [3.63, 3.8) is 0 Å². The number of imidazole rings is 1. The van der Waals surface area contributed by atoms with E-state index in [-0.39, 0.29) is 120 Å². The molecule has 0 saturated carbocycles. The topological polar surface area (TPSA) is 130 Å². The van der Waals surface area contributed by atoms with Crippen molar-refractivity contribution in [3.05, 3.63) is 65.6 Å². The molecule has 0 aliphatic carbocycles. The van der Waals surface area contributed by atoms with Gasteiger partial charge < -0.3 is 15.0 Å². The maximum absolute atomic E-state index is 13.3. The molecule has 1 aromatic heterocycles. The number of carboxylic acid groups (broad SMARTS) is 1. The van der Waals surface area contributed by atoms with Gasteiger partial charge in [-0.15, -0.1) is 11.8 Å². The van der Waals surface area contributed by atoms with Gasteiger partial charge in [0.25, 0.3) is 10.0 Å². The van der Waals surface area contributed by atoms with E-state index in [0.717, 1.165) is 12.8 Å². The van der Waals surface area contributed by atoms with Crippen molar-refractivity contribution in [1.29, 1.82) is 0 Å². The number of amides is 2. The molecule has 0 saturated heterocycles. The molecule has 0 spiro atoms. The van der Waals surface area contributed by atoms with Gasteiger partial charge in [-0.05, 0) is 36.3 Å². The summed E-state index contributed by atoms with van der Waals surface area (Å²) in [6.07, 6.45) is 4.80.